The van der Waals surface area contributed by atoms with E-state index in [4.69, 9.17) is 4.74 Å². The van der Waals surface area contributed by atoms with Gasteiger partial charge in [0.2, 0.25) is 0 Å². The van der Waals surface area contributed by atoms with E-state index in [0.717, 1.165) is 17.9 Å². The second-order valence-corrected chi connectivity index (χ2v) is 7.05. The zero-order valence-electron chi connectivity index (χ0n) is 10.0. The summed E-state index contributed by atoms with van der Waals surface area (Å²) in [6.45, 7) is 0.969. The number of rotatable bonds is 5. The largest absolute Gasteiger partial charge is 0.377 e. The number of alkyl halides is 1. The highest BCUT2D eigenvalue weighted by molar-refractivity contribution is 9.09. The van der Waals surface area contributed by atoms with Crippen molar-refractivity contribution in [3.63, 3.8) is 0 Å². The third-order valence-corrected chi connectivity index (χ3v) is 6.32. The van der Waals surface area contributed by atoms with Crippen molar-refractivity contribution in [1.29, 1.82) is 0 Å². The average Bonchev–Trinajstić information content (AvgIpc) is 2.92. The van der Waals surface area contributed by atoms with E-state index in [0.29, 0.717) is 11.5 Å². The molecule has 1 aromatic heterocycles. The number of thiophene rings is 1. The molecule has 0 radical (unpaired) electrons. The molecule has 1 aliphatic heterocycles. The van der Waals surface area contributed by atoms with Gasteiger partial charge in [0.1, 0.15) is 0 Å². The molecule has 1 saturated carbocycles. The molecule has 3 rings (SSSR count). The normalized spacial score (nSPS) is 33.1. The summed E-state index contributed by atoms with van der Waals surface area (Å²) in [6, 6.07) is 4.42. The van der Waals surface area contributed by atoms with Gasteiger partial charge in [0.15, 0.2) is 0 Å². The van der Waals surface area contributed by atoms with E-state index in [1.54, 1.807) is 0 Å². The van der Waals surface area contributed by atoms with Crippen LogP contribution in [0.2, 0.25) is 0 Å². The van der Waals surface area contributed by atoms with Crippen LogP contribution in [-0.2, 0) is 11.2 Å². The van der Waals surface area contributed by atoms with Gasteiger partial charge in [-0.05, 0) is 49.5 Å². The highest BCUT2D eigenvalue weighted by Crippen LogP contribution is 2.50. The van der Waals surface area contributed by atoms with E-state index in [-0.39, 0.29) is 0 Å². The molecule has 94 valence electrons. The van der Waals surface area contributed by atoms with E-state index in [1.165, 1.54) is 37.0 Å². The first-order valence-corrected chi connectivity index (χ1v) is 8.54. The quantitative estimate of drug-likeness (QED) is 0.738. The lowest BCUT2D eigenvalue weighted by atomic mass is 9.77. The maximum atomic E-state index is 6.03. The molecule has 2 atom stereocenters. The van der Waals surface area contributed by atoms with Gasteiger partial charge in [0.25, 0.3) is 0 Å². The topological polar surface area (TPSA) is 9.23 Å². The Morgan fingerprint density at radius 1 is 1.47 bits per heavy atom. The van der Waals surface area contributed by atoms with Crippen LogP contribution >= 0.6 is 27.3 Å². The summed E-state index contributed by atoms with van der Waals surface area (Å²) >= 11 is 5.64. The van der Waals surface area contributed by atoms with Crippen LogP contribution in [0.15, 0.2) is 17.5 Å². The first-order chi connectivity index (χ1) is 8.34. The predicted molar refractivity (Wildman–Crippen MR) is 75.9 cm³/mol. The van der Waals surface area contributed by atoms with Gasteiger partial charge in [-0.3, -0.25) is 0 Å². The molecule has 2 fully saturated rings. The molecule has 3 heteroatoms. The van der Waals surface area contributed by atoms with Crippen molar-refractivity contribution in [3.8, 4) is 0 Å². The highest BCUT2D eigenvalue weighted by Gasteiger charge is 2.49. The van der Waals surface area contributed by atoms with Crippen LogP contribution in [0.5, 0.6) is 0 Å². The van der Waals surface area contributed by atoms with Crippen LogP contribution in [-0.4, -0.2) is 18.0 Å². The van der Waals surface area contributed by atoms with Gasteiger partial charge in [-0.1, -0.05) is 22.0 Å². The lowest BCUT2D eigenvalue weighted by Gasteiger charge is -2.32. The molecule has 0 bridgehead atoms. The van der Waals surface area contributed by atoms with E-state index < -0.39 is 0 Å². The summed E-state index contributed by atoms with van der Waals surface area (Å²) in [5.41, 5.74) is 0.408. The van der Waals surface area contributed by atoms with Gasteiger partial charge in [-0.25, -0.2) is 0 Å². The van der Waals surface area contributed by atoms with Gasteiger partial charge in [-0.15, -0.1) is 11.3 Å². The third-order valence-electron chi connectivity index (χ3n) is 4.27. The molecular formula is C14H19BrOS. The van der Waals surface area contributed by atoms with Crippen molar-refractivity contribution in [1.82, 2.24) is 0 Å². The number of aryl methyl sites for hydroxylation is 1. The Labute approximate surface area is 116 Å². The first-order valence-electron chi connectivity index (χ1n) is 6.54. The molecule has 2 unspecified atom stereocenters. The fraction of sp³-hybridized carbons (Fsp3) is 0.714. The van der Waals surface area contributed by atoms with Gasteiger partial charge in [-0.2, -0.15) is 0 Å². The number of ether oxygens (including phenoxy) is 1. The van der Waals surface area contributed by atoms with Crippen LogP contribution in [0.4, 0.5) is 0 Å². The molecule has 1 saturated heterocycles. The Bertz CT molecular complexity index is 360. The first kappa shape index (κ1) is 12.2. The van der Waals surface area contributed by atoms with Crippen LogP contribution in [0.25, 0.3) is 0 Å². The maximum absolute atomic E-state index is 6.03. The van der Waals surface area contributed by atoms with E-state index in [9.17, 15) is 0 Å². The zero-order chi connectivity index (χ0) is 11.7. The minimum Gasteiger partial charge on any atom is -0.377 e. The number of hydrogen-bond donors (Lipinski definition) is 0. The van der Waals surface area contributed by atoms with Crippen molar-refractivity contribution in [2.45, 2.75) is 38.2 Å². The Morgan fingerprint density at radius 3 is 3.00 bits per heavy atom. The zero-order valence-corrected chi connectivity index (χ0v) is 12.4. The molecular weight excluding hydrogens is 296 g/mol. The lowest BCUT2D eigenvalue weighted by Crippen LogP contribution is -2.34. The second kappa shape index (κ2) is 5.02. The molecule has 0 spiro atoms. The summed E-state index contributed by atoms with van der Waals surface area (Å²) in [5, 5.41) is 3.28. The Morgan fingerprint density at radius 2 is 2.35 bits per heavy atom. The molecule has 0 amide bonds. The fourth-order valence-electron chi connectivity index (χ4n) is 3.05. The van der Waals surface area contributed by atoms with E-state index >= 15 is 0 Å². The molecule has 2 aliphatic rings. The molecule has 0 aromatic carbocycles. The van der Waals surface area contributed by atoms with Gasteiger partial charge in [0.05, 0.1) is 6.10 Å². The molecule has 1 aromatic rings. The van der Waals surface area contributed by atoms with Gasteiger partial charge < -0.3 is 4.74 Å². The van der Waals surface area contributed by atoms with E-state index in [2.05, 4.69) is 33.4 Å². The Kier molecular flexibility index (Phi) is 3.60. The fourth-order valence-corrected chi connectivity index (χ4v) is 4.64. The van der Waals surface area contributed by atoms with Crippen molar-refractivity contribution in [2.75, 3.05) is 11.9 Å². The second-order valence-electron chi connectivity index (χ2n) is 5.45. The van der Waals surface area contributed by atoms with E-state index in [1.807, 2.05) is 11.3 Å². The van der Waals surface area contributed by atoms with Crippen molar-refractivity contribution in [3.05, 3.63) is 22.4 Å². The summed E-state index contributed by atoms with van der Waals surface area (Å²) in [4.78, 5) is 1.52. The van der Waals surface area contributed by atoms with Gasteiger partial charge >= 0.3 is 0 Å². The SMILES string of the molecule is BrCC1(CCc2cccs2)CCOC1C1CC1. The van der Waals surface area contributed by atoms with Gasteiger partial charge in [0, 0.05) is 22.2 Å². The van der Waals surface area contributed by atoms with Crippen LogP contribution in [0.3, 0.4) is 0 Å². The Hall–Kier alpha value is 0.140. The van der Waals surface area contributed by atoms with Crippen molar-refractivity contribution < 1.29 is 4.74 Å². The standard InChI is InChI=1S/C14H19BrOS/c15-10-14(6-5-12-2-1-9-17-12)7-8-16-13(14)11-3-4-11/h1-2,9,11,13H,3-8,10H2. The minimum atomic E-state index is 0.408. The number of halogens is 1. The highest BCUT2D eigenvalue weighted by atomic mass is 79.9. The molecule has 0 N–H and O–H groups in total. The number of hydrogen-bond acceptors (Lipinski definition) is 2. The summed E-state index contributed by atoms with van der Waals surface area (Å²) in [7, 11) is 0. The smallest absolute Gasteiger partial charge is 0.0668 e. The third kappa shape index (κ3) is 2.47. The summed E-state index contributed by atoms with van der Waals surface area (Å²) < 4.78 is 6.03. The van der Waals surface area contributed by atoms with Crippen molar-refractivity contribution in [2.24, 2.45) is 11.3 Å². The summed E-state index contributed by atoms with van der Waals surface area (Å²) in [5.74, 6) is 0.860. The molecule has 17 heavy (non-hydrogen) atoms. The minimum absolute atomic E-state index is 0.408. The molecule has 2 heterocycles. The average molecular weight is 315 g/mol. The van der Waals surface area contributed by atoms with Crippen molar-refractivity contribution >= 4 is 27.3 Å². The van der Waals surface area contributed by atoms with Crippen LogP contribution < -0.4 is 0 Å². The monoisotopic (exact) mass is 314 g/mol. The van der Waals surface area contributed by atoms with Crippen LogP contribution in [0.1, 0.15) is 30.6 Å². The maximum Gasteiger partial charge on any atom is 0.0668 e. The van der Waals surface area contributed by atoms with Crippen LogP contribution in [0, 0.1) is 11.3 Å². The Balaban J connectivity index is 1.68. The lowest BCUT2D eigenvalue weighted by molar-refractivity contribution is 0.0379. The summed E-state index contributed by atoms with van der Waals surface area (Å²) in [6.07, 6.45) is 7.04. The predicted octanol–water partition coefficient (Wildman–Crippen LogP) is 4.26. The molecule has 1 aliphatic carbocycles. The molecule has 1 nitrogen and oxygen atoms in total.